The monoisotopic (exact) mass is 496 g/mol. The molecule has 0 amide bonds. The van der Waals surface area contributed by atoms with Gasteiger partial charge in [0.15, 0.2) is 5.11 Å². The quantitative estimate of drug-likeness (QED) is 0.295. The van der Waals surface area contributed by atoms with E-state index >= 15 is 0 Å². The number of nitrogens with zero attached hydrogens (tertiary/aromatic N) is 3. The third kappa shape index (κ3) is 5.49. The van der Waals surface area contributed by atoms with Crippen LogP contribution in [0, 0.1) is 6.92 Å². The zero-order chi connectivity index (χ0) is 24.2. The lowest BCUT2D eigenvalue weighted by Crippen LogP contribution is -2.46. The van der Waals surface area contributed by atoms with Crippen LogP contribution in [0.25, 0.3) is 17.0 Å². The second kappa shape index (κ2) is 10.7. The van der Waals surface area contributed by atoms with Gasteiger partial charge in [0.1, 0.15) is 0 Å². The van der Waals surface area contributed by atoms with E-state index in [-0.39, 0.29) is 12.1 Å². The van der Waals surface area contributed by atoms with E-state index in [1.54, 1.807) is 0 Å². The first-order chi connectivity index (χ1) is 16.3. The van der Waals surface area contributed by atoms with Gasteiger partial charge in [-0.25, -0.2) is 0 Å². The number of allylic oxidation sites excluding steroid dienone is 1. The number of aromatic nitrogens is 2. The molecular weight excluding hydrogens is 468 g/mol. The molecule has 8 heteroatoms. The van der Waals surface area contributed by atoms with Crippen molar-refractivity contribution in [2.75, 3.05) is 13.2 Å². The van der Waals surface area contributed by atoms with Gasteiger partial charge < -0.3 is 19.5 Å². The molecule has 2 heterocycles. The van der Waals surface area contributed by atoms with Gasteiger partial charge in [-0.15, -0.1) is 0 Å². The smallest absolute Gasteiger partial charge is 0.258 e. The lowest BCUT2D eigenvalue weighted by atomic mass is 9.94. The van der Waals surface area contributed by atoms with E-state index < -0.39 is 0 Å². The average Bonchev–Trinajstić information content (AvgIpc) is 3.28. The summed E-state index contributed by atoms with van der Waals surface area (Å²) >= 11 is 12.1. The van der Waals surface area contributed by atoms with Crippen molar-refractivity contribution in [3.8, 4) is 11.4 Å². The van der Waals surface area contributed by atoms with E-state index in [9.17, 15) is 0 Å². The minimum Gasteiger partial charge on any atom is -0.379 e. The summed E-state index contributed by atoms with van der Waals surface area (Å²) in [6.07, 6.45) is 1.04. The van der Waals surface area contributed by atoms with Crippen molar-refractivity contribution in [3.63, 3.8) is 0 Å². The molecule has 1 atom stereocenters. The maximum Gasteiger partial charge on any atom is 0.258 e. The van der Waals surface area contributed by atoms with Crippen LogP contribution in [0.3, 0.4) is 0 Å². The number of benzene rings is 2. The second-order valence-electron chi connectivity index (χ2n) is 8.65. The fourth-order valence-corrected chi connectivity index (χ4v) is 4.50. The van der Waals surface area contributed by atoms with Gasteiger partial charge in [-0.05, 0) is 64.0 Å². The molecule has 2 aromatic carbocycles. The number of ether oxygens (including phenoxy) is 1. The highest BCUT2D eigenvalue weighted by Gasteiger charge is 2.34. The first kappa shape index (κ1) is 24.4. The average molecular weight is 497 g/mol. The standard InChI is InChI=1S/C26H29ClN4O2S/c1-16(2)32-14-6-13-31-18(4)22(23(28-26(31)34)20-7-5-8-21(27)15-20)25-29-24(30-33-25)19-11-9-17(3)10-12-19/h5,7-12,15-16,23H,6,13-14H2,1-4H3,(H,28,34). The second-order valence-corrected chi connectivity index (χ2v) is 9.47. The Bertz CT molecular complexity index is 1190. The molecule has 0 aliphatic carbocycles. The Balaban J connectivity index is 1.71. The normalized spacial score (nSPS) is 16.4. The van der Waals surface area contributed by atoms with Gasteiger partial charge in [0.25, 0.3) is 5.89 Å². The predicted octanol–water partition coefficient (Wildman–Crippen LogP) is 6.18. The van der Waals surface area contributed by atoms with E-state index in [0.717, 1.165) is 35.4 Å². The first-order valence-corrected chi connectivity index (χ1v) is 12.2. The Hall–Kier alpha value is -2.74. The van der Waals surface area contributed by atoms with Gasteiger partial charge in [-0.2, -0.15) is 4.98 Å². The molecule has 3 aromatic rings. The van der Waals surface area contributed by atoms with E-state index in [1.165, 1.54) is 5.56 Å². The molecule has 0 saturated heterocycles. The molecular formula is C26H29ClN4O2S. The number of aryl methyl sites for hydroxylation is 1. The lowest BCUT2D eigenvalue weighted by Gasteiger charge is -2.37. The topological polar surface area (TPSA) is 63.4 Å². The number of rotatable bonds is 8. The van der Waals surface area contributed by atoms with E-state index in [2.05, 4.69) is 15.4 Å². The van der Waals surface area contributed by atoms with Crippen LogP contribution in [0.1, 0.15) is 50.3 Å². The third-order valence-electron chi connectivity index (χ3n) is 5.72. The van der Waals surface area contributed by atoms with Crippen LogP contribution < -0.4 is 5.32 Å². The molecule has 34 heavy (non-hydrogen) atoms. The highest BCUT2D eigenvalue weighted by atomic mass is 35.5. The first-order valence-electron chi connectivity index (χ1n) is 11.4. The largest absolute Gasteiger partial charge is 0.379 e. The Morgan fingerprint density at radius 3 is 2.65 bits per heavy atom. The maximum atomic E-state index is 6.31. The fraction of sp³-hybridized carbons (Fsp3) is 0.346. The Morgan fingerprint density at radius 1 is 1.18 bits per heavy atom. The molecule has 1 aliphatic rings. The number of halogens is 1. The number of hydrogen-bond acceptors (Lipinski definition) is 5. The molecule has 1 aliphatic heterocycles. The highest BCUT2D eigenvalue weighted by molar-refractivity contribution is 7.80. The van der Waals surface area contributed by atoms with Crippen molar-refractivity contribution >= 4 is 34.5 Å². The summed E-state index contributed by atoms with van der Waals surface area (Å²) in [7, 11) is 0. The third-order valence-corrected chi connectivity index (χ3v) is 6.30. The van der Waals surface area contributed by atoms with Gasteiger partial charge in [0, 0.05) is 29.4 Å². The van der Waals surface area contributed by atoms with Crippen LogP contribution >= 0.6 is 23.8 Å². The summed E-state index contributed by atoms with van der Waals surface area (Å²) in [5, 5.41) is 9.03. The molecule has 0 saturated carbocycles. The van der Waals surface area contributed by atoms with E-state index in [1.807, 2.05) is 76.2 Å². The molecule has 4 rings (SSSR count). The summed E-state index contributed by atoms with van der Waals surface area (Å²) in [5.41, 5.74) is 4.90. The predicted molar refractivity (Wildman–Crippen MR) is 139 cm³/mol. The van der Waals surface area contributed by atoms with Crippen LogP contribution in [-0.4, -0.2) is 39.4 Å². The van der Waals surface area contributed by atoms with Crippen molar-refractivity contribution < 1.29 is 9.26 Å². The van der Waals surface area contributed by atoms with Crippen molar-refractivity contribution in [2.24, 2.45) is 0 Å². The van der Waals surface area contributed by atoms with E-state index in [0.29, 0.717) is 28.5 Å². The molecule has 0 spiro atoms. The maximum absolute atomic E-state index is 6.31. The Kier molecular flexibility index (Phi) is 7.66. The molecule has 0 bridgehead atoms. The number of nitrogens with one attached hydrogen (secondary N) is 1. The van der Waals surface area contributed by atoms with Gasteiger partial charge >= 0.3 is 0 Å². The van der Waals surface area contributed by atoms with Crippen molar-refractivity contribution in [2.45, 2.75) is 46.3 Å². The number of thiocarbonyl (C=S) groups is 1. The van der Waals surface area contributed by atoms with Crippen LogP contribution in [0.2, 0.25) is 5.02 Å². The van der Waals surface area contributed by atoms with Crippen molar-refractivity contribution in [1.29, 1.82) is 0 Å². The minimum atomic E-state index is -0.263. The SMILES string of the molecule is CC1=C(c2nc(-c3ccc(C)cc3)no2)C(c2cccc(Cl)c2)NC(=S)N1CCCOC(C)C. The van der Waals surface area contributed by atoms with Crippen molar-refractivity contribution in [1.82, 2.24) is 20.4 Å². The molecule has 0 fully saturated rings. The zero-order valence-corrected chi connectivity index (χ0v) is 21.4. The molecule has 0 radical (unpaired) electrons. The van der Waals surface area contributed by atoms with E-state index in [4.69, 9.17) is 38.1 Å². The molecule has 1 unspecified atom stereocenters. The van der Waals surface area contributed by atoms with Gasteiger partial charge in [0.2, 0.25) is 5.82 Å². The van der Waals surface area contributed by atoms with Gasteiger partial charge in [0.05, 0.1) is 17.7 Å². The molecule has 1 aromatic heterocycles. The molecule has 6 nitrogen and oxygen atoms in total. The minimum absolute atomic E-state index is 0.199. The van der Waals surface area contributed by atoms with Gasteiger partial charge in [-0.1, -0.05) is 58.7 Å². The van der Waals surface area contributed by atoms with Gasteiger partial charge in [-0.3, -0.25) is 0 Å². The number of hydrogen-bond donors (Lipinski definition) is 1. The highest BCUT2D eigenvalue weighted by Crippen LogP contribution is 2.38. The van der Waals surface area contributed by atoms with Crippen molar-refractivity contribution in [3.05, 3.63) is 76.3 Å². The summed E-state index contributed by atoms with van der Waals surface area (Å²) in [6.45, 7) is 9.54. The molecule has 178 valence electrons. The summed E-state index contributed by atoms with van der Waals surface area (Å²) in [4.78, 5) is 6.83. The van der Waals surface area contributed by atoms with Crippen LogP contribution in [0.15, 0.2) is 58.8 Å². The summed E-state index contributed by atoms with van der Waals surface area (Å²) in [5.74, 6) is 1.00. The molecule has 1 N–H and O–H groups in total. The lowest BCUT2D eigenvalue weighted by molar-refractivity contribution is 0.0749. The fourth-order valence-electron chi connectivity index (χ4n) is 3.96. The Labute approximate surface area is 210 Å². The summed E-state index contributed by atoms with van der Waals surface area (Å²) < 4.78 is 11.5. The van der Waals surface area contributed by atoms with Crippen LogP contribution in [0.5, 0.6) is 0 Å². The Morgan fingerprint density at radius 2 is 1.94 bits per heavy atom. The van der Waals surface area contributed by atoms with Crippen LogP contribution in [-0.2, 0) is 4.74 Å². The zero-order valence-electron chi connectivity index (χ0n) is 19.8. The summed E-state index contributed by atoms with van der Waals surface area (Å²) in [6, 6.07) is 15.5. The van der Waals surface area contributed by atoms with Crippen LogP contribution in [0.4, 0.5) is 0 Å².